The van der Waals surface area contributed by atoms with Crippen LogP contribution in [0.15, 0.2) is 18.2 Å². The van der Waals surface area contributed by atoms with Crippen molar-refractivity contribution in [3.63, 3.8) is 0 Å². The fourth-order valence-corrected chi connectivity index (χ4v) is 1.92. The number of benzene rings is 1. The molecule has 2 aromatic rings. The summed E-state index contributed by atoms with van der Waals surface area (Å²) in [6, 6.07) is 6.33. The molecule has 0 aliphatic rings. The van der Waals surface area contributed by atoms with Crippen molar-refractivity contribution in [1.82, 2.24) is 4.98 Å². The van der Waals surface area contributed by atoms with Crippen molar-refractivity contribution >= 4 is 16.6 Å². The molecule has 1 aromatic heterocycles. The molecule has 15 heavy (non-hydrogen) atoms. The number of anilines is 1. The highest BCUT2D eigenvalue weighted by Crippen LogP contribution is 2.33. The predicted octanol–water partition coefficient (Wildman–Crippen LogP) is 3.36. The van der Waals surface area contributed by atoms with Crippen LogP contribution < -0.4 is 5.73 Å². The van der Waals surface area contributed by atoms with Crippen LogP contribution in [0.1, 0.15) is 32.0 Å². The zero-order valence-electron chi connectivity index (χ0n) is 9.81. The Morgan fingerprint density at radius 1 is 1.20 bits per heavy atom. The van der Waals surface area contributed by atoms with E-state index < -0.39 is 0 Å². The van der Waals surface area contributed by atoms with Gasteiger partial charge in [0.05, 0.1) is 5.69 Å². The van der Waals surface area contributed by atoms with Gasteiger partial charge in [-0.3, -0.25) is 0 Å². The normalized spacial score (nSPS) is 12.3. The Bertz CT molecular complexity index is 501. The molecule has 0 amide bonds. The summed E-state index contributed by atoms with van der Waals surface area (Å²) in [6.07, 6.45) is 0. The van der Waals surface area contributed by atoms with Crippen LogP contribution in [0.4, 0.5) is 5.69 Å². The smallest absolute Gasteiger partial charge is 0.0610 e. The maximum atomic E-state index is 6.16. The van der Waals surface area contributed by atoms with E-state index in [0.29, 0.717) is 0 Å². The number of hydrogen-bond donors (Lipinski definition) is 2. The molecule has 0 aliphatic carbocycles. The van der Waals surface area contributed by atoms with Crippen molar-refractivity contribution in [2.75, 3.05) is 5.73 Å². The number of nitrogen functional groups attached to an aromatic ring is 1. The molecule has 3 N–H and O–H groups in total. The molecule has 1 heterocycles. The lowest BCUT2D eigenvalue weighted by atomic mass is 9.91. The number of aromatic nitrogens is 1. The van der Waals surface area contributed by atoms with Gasteiger partial charge in [-0.15, -0.1) is 0 Å². The molecule has 2 nitrogen and oxygen atoms in total. The van der Waals surface area contributed by atoms with Crippen LogP contribution in [0.25, 0.3) is 10.9 Å². The minimum absolute atomic E-state index is 0.0665. The first-order chi connectivity index (χ1) is 6.89. The Labute approximate surface area is 90.5 Å². The van der Waals surface area contributed by atoms with Gasteiger partial charge in [0.1, 0.15) is 0 Å². The van der Waals surface area contributed by atoms with Gasteiger partial charge in [0.25, 0.3) is 0 Å². The Hall–Kier alpha value is -1.44. The monoisotopic (exact) mass is 202 g/mol. The first-order valence-corrected chi connectivity index (χ1v) is 5.28. The lowest BCUT2D eigenvalue weighted by Crippen LogP contribution is -2.13. The summed E-state index contributed by atoms with van der Waals surface area (Å²) >= 11 is 0. The van der Waals surface area contributed by atoms with E-state index in [9.17, 15) is 0 Å². The summed E-state index contributed by atoms with van der Waals surface area (Å²) in [4.78, 5) is 3.41. The van der Waals surface area contributed by atoms with E-state index in [1.54, 1.807) is 0 Å². The third kappa shape index (κ3) is 1.60. The molecule has 80 valence electrons. The molecule has 0 saturated heterocycles. The third-order valence-electron chi connectivity index (χ3n) is 2.74. The largest absolute Gasteiger partial charge is 0.397 e. The minimum atomic E-state index is 0.0665. The Kier molecular flexibility index (Phi) is 2.03. The molecule has 0 bridgehead atoms. The van der Waals surface area contributed by atoms with Gasteiger partial charge in [0.15, 0.2) is 0 Å². The molecule has 2 rings (SSSR count). The highest BCUT2D eigenvalue weighted by Gasteiger charge is 2.20. The number of aromatic amines is 1. The molecule has 2 heteroatoms. The number of nitrogens with one attached hydrogen (secondary N) is 1. The van der Waals surface area contributed by atoms with E-state index in [-0.39, 0.29) is 5.41 Å². The standard InChI is InChI=1S/C13H18N2/c1-8-5-6-10-9(7-8)11(14)12(15-10)13(2,3)4/h5-7,15H,14H2,1-4H3. The van der Waals surface area contributed by atoms with Gasteiger partial charge in [-0.25, -0.2) is 0 Å². The molecule has 0 unspecified atom stereocenters. The van der Waals surface area contributed by atoms with Crippen molar-refractivity contribution in [3.8, 4) is 0 Å². The fourth-order valence-electron chi connectivity index (χ4n) is 1.92. The lowest BCUT2D eigenvalue weighted by molar-refractivity contribution is 0.576. The van der Waals surface area contributed by atoms with Crippen LogP contribution in [-0.2, 0) is 5.41 Å². The predicted molar refractivity (Wildman–Crippen MR) is 66.1 cm³/mol. The van der Waals surface area contributed by atoms with Crippen LogP contribution in [0.2, 0.25) is 0 Å². The average Bonchev–Trinajstić information content (AvgIpc) is 2.43. The molecule has 0 spiro atoms. The van der Waals surface area contributed by atoms with E-state index in [0.717, 1.165) is 22.3 Å². The van der Waals surface area contributed by atoms with Gasteiger partial charge < -0.3 is 10.7 Å². The molecule has 0 radical (unpaired) electrons. The Morgan fingerprint density at radius 3 is 2.47 bits per heavy atom. The zero-order chi connectivity index (χ0) is 11.2. The van der Waals surface area contributed by atoms with Crippen molar-refractivity contribution in [2.24, 2.45) is 0 Å². The first-order valence-electron chi connectivity index (χ1n) is 5.28. The SMILES string of the molecule is Cc1ccc2[nH]c(C(C)(C)C)c(N)c2c1. The highest BCUT2D eigenvalue weighted by atomic mass is 14.8. The van der Waals surface area contributed by atoms with E-state index in [2.05, 4.69) is 50.9 Å². The molecule has 1 aromatic carbocycles. The van der Waals surface area contributed by atoms with Gasteiger partial charge in [-0.1, -0.05) is 32.4 Å². The van der Waals surface area contributed by atoms with Crippen molar-refractivity contribution < 1.29 is 0 Å². The van der Waals surface area contributed by atoms with E-state index in [1.165, 1.54) is 5.56 Å². The first kappa shape index (κ1) is 10.1. The van der Waals surface area contributed by atoms with Crippen molar-refractivity contribution in [1.29, 1.82) is 0 Å². The molecular formula is C13H18N2. The zero-order valence-corrected chi connectivity index (χ0v) is 9.81. The van der Waals surface area contributed by atoms with Crippen molar-refractivity contribution in [3.05, 3.63) is 29.5 Å². The maximum absolute atomic E-state index is 6.16. The molecule has 0 fully saturated rings. The van der Waals surface area contributed by atoms with Crippen molar-refractivity contribution in [2.45, 2.75) is 33.1 Å². The summed E-state index contributed by atoms with van der Waals surface area (Å²) in [5.41, 5.74) is 10.6. The Balaban J connectivity index is 2.76. The maximum Gasteiger partial charge on any atom is 0.0610 e. The van der Waals surface area contributed by atoms with Crippen LogP contribution in [0, 0.1) is 6.92 Å². The van der Waals surface area contributed by atoms with Crippen LogP contribution in [0.3, 0.4) is 0 Å². The second kappa shape index (κ2) is 3.02. The van der Waals surface area contributed by atoms with Gasteiger partial charge in [-0.2, -0.15) is 0 Å². The van der Waals surface area contributed by atoms with Gasteiger partial charge in [0.2, 0.25) is 0 Å². The summed E-state index contributed by atoms with van der Waals surface area (Å²) < 4.78 is 0. The minimum Gasteiger partial charge on any atom is -0.397 e. The number of nitrogens with two attached hydrogens (primary N) is 1. The summed E-state index contributed by atoms with van der Waals surface area (Å²) in [6.45, 7) is 8.59. The van der Waals surface area contributed by atoms with Gasteiger partial charge in [-0.05, 0) is 19.1 Å². The van der Waals surface area contributed by atoms with Crippen LogP contribution >= 0.6 is 0 Å². The molecule has 0 saturated carbocycles. The summed E-state index contributed by atoms with van der Waals surface area (Å²) in [7, 11) is 0. The van der Waals surface area contributed by atoms with Crippen LogP contribution in [-0.4, -0.2) is 4.98 Å². The molecule has 0 atom stereocenters. The summed E-state index contributed by atoms with van der Waals surface area (Å²) in [5, 5.41) is 1.14. The number of H-pyrrole nitrogens is 1. The highest BCUT2D eigenvalue weighted by molar-refractivity contribution is 5.94. The number of fused-ring (bicyclic) bond motifs is 1. The number of hydrogen-bond acceptors (Lipinski definition) is 1. The van der Waals surface area contributed by atoms with E-state index in [1.807, 2.05) is 0 Å². The fraction of sp³-hybridized carbons (Fsp3) is 0.385. The number of aryl methyl sites for hydroxylation is 1. The quantitative estimate of drug-likeness (QED) is 0.675. The molecule has 0 aliphatic heterocycles. The lowest BCUT2D eigenvalue weighted by Gasteiger charge is -2.17. The second-order valence-electron chi connectivity index (χ2n) is 5.21. The summed E-state index contributed by atoms with van der Waals surface area (Å²) in [5.74, 6) is 0. The average molecular weight is 202 g/mol. The van der Waals surface area contributed by atoms with Gasteiger partial charge in [0, 0.05) is 22.0 Å². The van der Waals surface area contributed by atoms with Gasteiger partial charge >= 0.3 is 0 Å². The van der Waals surface area contributed by atoms with Crippen LogP contribution in [0.5, 0.6) is 0 Å². The number of rotatable bonds is 0. The molecular weight excluding hydrogens is 184 g/mol. The van der Waals surface area contributed by atoms with E-state index >= 15 is 0 Å². The van der Waals surface area contributed by atoms with E-state index in [4.69, 9.17) is 5.73 Å². The topological polar surface area (TPSA) is 41.8 Å². The third-order valence-corrected chi connectivity index (χ3v) is 2.74. The Morgan fingerprint density at radius 2 is 1.87 bits per heavy atom. The second-order valence-corrected chi connectivity index (χ2v) is 5.21.